The first-order chi connectivity index (χ1) is 13.7. The zero-order valence-electron chi connectivity index (χ0n) is 15.1. The smallest absolute Gasteiger partial charge is 0.408 e. The predicted molar refractivity (Wildman–Crippen MR) is 106 cm³/mol. The normalized spacial score (nSPS) is 14.4. The highest BCUT2D eigenvalue weighted by Gasteiger charge is 2.26. The van der Waals surface area contributed by atoms with Crippen LogP contribution in [0.5, 0.6) is 0 Å². The molecule has 0 unspecified atom stereocenters. The second kappa shape index (κ2) is 7.96. The quantitative estimate of drug-likeness (QED) is 0.617. The Morgan fingerprint density at radius 1 is 1.14 bits per heavy atom. The number of ether oxygens (including phenoxy) is 1. The molecule has 1 aliphatic rings. The number of H-pyrrole nitrogens is 1. The summed E-state index contributed by atoms with van der Waals surface area (Å²) in [6.45, 7) is 0.242. The summed E-state index contributed by atoms with van der Waals surface area (Å²) >= 11 is 0. The van der Waals surface area contributed by atoms with E-state index in [1.54, 1.807) is 0 Å². The molecule has 0 fully saturated rings. The first-order valence-corrected chi connectivity index (χ1v) is 9.05. The van der Waals surface area contributed by atoms with Gasteiger partial charge in [0.25, 0.3) is 0 Å². The van der Waals surface area contributed by atoms with Gasteiger partial charge in [0.15, 0.2) is 0 Å². The fourth-order valence-electron chi connectivity index (χ4n) is 3.22. The summed E-state index contributed by atoms with van der Waals surface area (Å²) in [4.78, 5) is 31.4. The van der Waals surface area contributed by atoms with E-state index >= 15 is 0 Å². The lowest BCUT2D eigenvalue weighted by atomic mass is 10.0. The van der Waals surface area contributed by atoms with E-state index in [-0.39, 0.29) is 19.1 Å². The van der Waals surface area contributed by atoms with E-state index in [0.29, 0.717) is 12.3 Å². The Bertz CT molecular complexity index is 1030. The van der Waals surface area contributed by atoms with Crippen LogP contribution in [-0.4, -0.2) is 35.4 Å². The molecule has 2 heterocycles. The summed E-state index contributed by atoms with van der Waals surface area (Å²) < 4.78 is 5.33. The molecular formula is C21H20N4O3. The van der Waals surface area contributed by atoms with E-state index in [9.17, 15) is 9.59 Å². The lowest BCUT2D eigenvalue weighted by Crippen LogP contribution is -2.47. The second-order valence-corrected chi connectivity index (χ2v) is 6.57. The molecule has 3 N–H and O–H groups in total. The fourth-order valence-corrected chi connectivity index (χ4v) is 3.22. The minimum atomic E-state index is -0.558. The van der Waals surface area contributed by atoms with Crippen LogP contribution >= 0.6 is 0 Å². The third-order valence-electron chi connectivity index (χ3n) is 4.59. The Labute approximate surface area is 161 Å². The molecule has 0 spiro atoms. The number of carbonyl (C=O) groups excluding carboxylic acids is 2. The van der Waals surface area contributed by atoms with Crippen LogP contribution in [-0.2, 0) is 22.6 Å². The number of carbonyl (C=O) groups is 2. The van der Waals surface area contributed by atoms with E-state index in [1.807, 2.05) is 60.8 Å². The summed E-state index contributed by atoms with van der Waals surface area (Å²) in [7, 11) is 0. The number of benzene rings is 2. The number of fused-ring (bicyclic) bond motifs is 1. The van der Waals surface area contributed by atoms with Crippen molar-refractivity contribution in [2.24, 2.45) is 4.99 Å². The van der Waals surface area contributed by atoms with Gasteiger partial charge in [-0.15, -0.1) is 0 Å². The molecule has 0 aliphatic carbocycles. The maximum atomic E-state index is 12.3. The Kier molecular flexibility index (Phi) is 5.05. The highest BCUT2D eigenvalue weighted by atomic mass is 16.5. The van der Waals surface area contributed by atoms with Crippen molar-refractivity contribution < 1.29 is 14.3 Å². The monoisotopic (exact) mass is 376 g/mol. The average Bonchev–Trinajstić information content (AvgIpc) is 3.33. The summed E-state index contributed by atoms with van der Waals surface area (Å²) in [5.41, 5.74) is 2.94. The molecule has 28 heavy (non-hydrogen) atoms. The zero-order chi connectivity index (χ0) is 19.3. The number of aliphatic imine (C=N–C) groups is 1. The highest BCUT2D eigenvalue weighted by molar-refractivity contribution is 6.07. The highest BCUT2D eigenvalue weighted by Crippen LogP contribution is 2.19. The van der Waals surface area contributed by atoms with Crippen molar-refractivity contribution in [2.75, 3.05) is 6.54 Å². The number of nitrogens with zero attached hydrogens (tertiary/aromatic N) is 1. The number of amides is 2. The van der Waals surface area contributed by atoms with Crippen molar-refractivity contribution in [3.05, 3.63) is 71.9 Å². The number of aromatic nitrogens is 1. The van der Waals surface area contributed by atoms with Gasteiger partial charge in [-0.2, -0.15) is 0 Å². The van der Waals surface area contributed by atoms with Gasteiger partial charge < -0.3 is 20.4 Å². The van der Waals surface area contributed by atoms with E-state index < -0.39 is 12.1 Å². The van der Waals surface area contributed by atoms with E-state index in [4.69, 9.17) is 4.74 Å². The van der Waals surface area contributed by atoms with Gasteiger partial charge in [0.05, 0.1) is 6.04 Å². The number of nitrogens with one attached hydrogen (secondary N) is 3. The van der Waals surface area contributed by atoms with Crippen molar-refractivity contribution in [3.8, 4) is 0 Å². The van der Waals surface area contributed by atoms with Gasteiger partial charge in [0, 0.05) is 23.5 Å². The van der Waals surface area contributed by atoms with Gasteiger partial charge in [0.1, 0.15) is 19.0 Å². The number of rotatable bonds is 6. The predicted octanol–water partition coefficient (Wildman–Crippen LogP) is 2.53. The number of hydrogen-bond donors (Lipinski definition) is 3. The molecule has 4 rings (SSSR count). The van der Waals surface area contributed by atoms with Crippen LogP contribution in [0, 0.1) is 0 Å². The van der Waals surface area contributed by atoms with Crippen LogP contribution in [0.3, 0.4) is 0 Å². The fraction of sp³-hybridized carbons (Fsp3) is 0.190. The van der Waals surface area contributed by atoms with Crippen LogP contribution in [0.15, 0.2) is 65.8 Å². The summed E-state index contributed by atoms with van der Waals surface area (Å²) in [5, 5.41) is 6.62. The van der Waals surface area contributed by atoms with Crippen LogP contribution in [0.4, 0.5) is 4.79 Å². The number of para-hydroxylation sites is 1. The van der Waals surface area contributed by atoms with Crippen LogP contribution < -0.4 is 10.6 Å². The molecule has 3 aromatic rings. The molecule has 7 heteroatoms. The van der Waals surface area contributed by atoms with Crippen molar-refractivity contribution >= 4 is 28.7 Å². The van der Waals surface area contributed by atoms with E-state index in [2.05, 4.69) is 20.6 Å². The van der Waals surface area contributed by atoms with Gasteiger partial charge in [-0.05, 0) is 17.2 Å². The molecule has 2 aromatic carbocycles. The maximum absolute atomic E-state index is 12.3. The minimum Gasteiger partial charge on any atom is -0.445 e. The number of amidine groups is 1. The standard InChI is InChI=1S/C21H20N4O3/c26-19-12-23-20(25-19)18(10-15-11-22-17-9-5-4-8-16(15)17)24-21(27)28-13-14-6-2-1-3-7-14/h1-9,11,18,22H,10,12-13H2,(H,24,27)(H,23,25,26)/t18-/m1/s1. The molecule has 0 radical (unpaired) electrons. The van der Waals surface area contributed by atoms with Gasteiger partial charge in [-0.3, -0.25) is 9.79 Å². The summed E-state index contributed by atoms with van der Waals surface area (Å²) in [6, 6.07) is 16.9. The van der Waals surface area contributed by atoms with E-state index in [0.717, 1.165) is 22.0 Å². The number of alkyl carbamates (subject to hydrolysis) is 1. The van der Waals surface area contributed by atoms with Crippen molar-refractivity contribution in [1.29, 1.82) is 0 Å². The van der Waals surface area contributed by atoms with Gasteiger partial charge in [0.2, 0.25) is 5.91 Å². The molecular weight excluding hydrogens is 356 g/mol. The van der Waals surface area contributed by atoms with Gasteiger partial charge in [-0.1, -0.05) is 48.5 Å². The molecule has 1 aromatic heterocycles. The van der Waals surface area contributed by atoms with E-state index in [1.165, 1.54) is 0 Å². The molecule has 2 amide bonds. The van der Waals surface area contributed by atoms with Gasteiger partial charge >= 0.3 is 6.09 Å². The van der Waals surface area contributed by atoms with Crippen molar-refractivity contribution in [3.63, 3.8) is 0 Å². The summed E-state index contributed by atoms with van der Waals surface area (Å²) in [6.07, 6.45) is 1.83. The minimum absolute atomic E-state index is 0.0699. The second-order valence-electron chi connectivity index (χ2n) is 6.57. The average molecular weight is 376 g/mol. The molecule has 142 valence electrons. The summed E-state index contributed by atoms with van der Waals surface area (Å²) in [5.74, 6) is 0.269. The Balaban J connectivity index is 1.47. The third-order valence-corrected chi connectivity index (χ3v) is 4.59. The Hall–Kier alpha value is -3.61. The van der Waals surface area contributed by atoms with Crippen LogP contribution in [0.2, 0.25) is 0 Å². The van der Waals surface area contributed by atoms with Crippen molar-refractivity contribution in [1.82, 2.24) is 15.6 Å². The molecule has 1 aliphatic heterocycles. The lowest BCUT2D eigenvalue weighted by Gasteiger charge is -2.18. The zero-order valence-corrected chi connectivity index (χ0v) is 15.1. The molecule has 1 atom stereocenters. The SMILES string of the molecule is O=C1CN=C([C@@H](Cc2c[nH]c3ccccc23)NC(=O)OCc2ccccc2)N1. The third kappa shape index (κ3) is 4.03. The maximum Gasteiger partial charge on any atom is 0.408 e. The topological polar surface area (TPSA) is 95.6 Å². The van der Waals surface area contributed by atoms with Crippen LogP contribution in [0.25, 0.3) is 10.9 Å². The molecule has 0 saturated heterocycles. The van der Waals surface area contributed by atoms with Crippen LogP contribution in [0.1, 0.15) is 11.1 Å². The number of hydrogen-bond acceptors (Lipinski definition) is 4. The van der Waals surface area contributed by atoms with Gasteiger partial charge in [-0.25, -0.2) is 4.79 Å². The first-order valence-electron chi connectivity index (χ1n) is 9.05. The largest absolute Gasteiger partial charge is 0.445 e. The molecule has 7 nitrogen and oxygen atoms in total. The number of aromatic amines is 1. The Morgan fingerprint density at radius 2 is 1.93 bits per heavy atom. The van der Waals surface area contributed by atoms with Crippen molar-refractivity contribution in [2.45, 2.75) is 19.1 Å². The first kappa shape index (κ1) is 17.8. The molecule has 0 bridgehead atoms. The Morgan fingerprint density at radius 3 is 2.71 bits per heavy atom. The molecule has 0 saturated carbocycles. The lowest BCUT2D eigenvalue weighted by molar-refractivity contribution is -0.117.